The molecule has 0 aliphatic rings. The van der Waals surface area contributed by atoms with E-state index in [1.807, 2.05) is 0 Å². The van der Waals surface area contributed by atoms with Crippen molar-refractivity contribution in [3.63, 3.8) is 0 Å². The Morgan fingerprint density at radius 1 is 1.15 bits per heavy atom. The number of hydrogen-bond acceptors (Lipinski definition) is 5. The predicted molar refractivity (Wildman–Crippen MR) is 43.2 cm³/mol. The first-order valence-corrected chi connectivity index (χ1v) is 3.68. The van der Waals surface area contributed by atoms with Gasteiger partial charge in [-0.1, -0.05) is 0 Å². The van der Waals surface area contributed by atoms with Gasteiger partial charge in [0.05, 0.1) is 5.22 Å². The molecule has 4 nitrogen and oxygen atoms in total. The monoisotopic (exact) mass is 217 g/mol. The molecule has 2 aromatic heterocycles. The van der Waals surface area contributed by atoms with Crippen LogP contribution in [0, 0.1) is 0 Å². The molecule has 0 atom stereocenters. The molecule has 2 heterocycles. The summed E-state index contributed by atoms with van der Waals surface area (Å²) in [5.41, 5.74) is 0.827. The SMILES string of the molecule is [K+].[S-]c1nnc(-c2ccncc2)o1. The van der Waals surface area contributed by atoms with Crippen LogP contribution in [0.1, 0.15) is 0 Å². The molecule has 0 fully saturated rings. The van der Waals surface area contributed by atoms with Gasteiger partial charge in [-0.15, -0.1) is 10.2 Å². The molecule has 0 N–H and O–H groups in total. The summed E-state index contributed by atoms with van der Waals surface area (Å²) >= 11 is 4.68. The van der Waals surface area contributed by atoms with Crippen molar-refractivity contribution in [3.05, 3.63) is 24.5 Å². The average Bonchev–Trinajstić information content (AvgIpc) is 2.54. The normalized spacial score (nSPS) is 9.23. The molecule has 0 aliphatic heterocycles. The average molecular weight is 217 g/mol. The van der Waals surface area contributed by atoms with Gasteiger partial charge in [0.2, 0.25) is 5.89 Å². The molecule has 0 saturated carbocycles. The fourth-order valence-corrected chi connectivity index (χ4v) is 0.941. The molecule has 0 radical (unpaired) electrons. The van der Waals surface area contributed by atoms with Crippen molar-refractivity contribution < 1.29 is 55.8 Å². The summed E-state index contributed by atoms with van der Waals surface area (Å²) in [5.74, 6) is 0.433. The van der Waals surface area contributed by atoms with Crippen LogP contribution in [0.2, 0.25) is 0 Å². The van der Waals surface area contributed by atoms with Gasteiger partial charge >= 0.3 is 51.4 Å². The third-order valence-corrected chi connectivity index (χ3v) is 1.50. The zero-order valence-electron chi connectivity index (χ0n) is 6.97. The summed E-state index contributed by atoms with van der Waals surface area (Å²) in [7, 11) is 0. The standard InChI is InChI=1S/C7H5N3OS.K/c12-7-10-9-6(11-7)5-1-3-8-4-2-5;/h1-4H,(H,10,12);/q;+1/p-1. The van der Waals surface area contributed by atoms with E-state index in [0.717, 1.165) is 5.56 Å². The van der Waals surface area contributed by atoms with E-state index in [1.54, 1.807) is 24.5 Å². The molecular formula is C7H4KN3OS. The van der Waals surface area contributed by atoms with Crippen molar-refractivity contribution in [3.8, 4) is 11.5 Å². The molecule has 13 heavy (non-hydrogen) atoms. The molecule has 0 bridgehead atoms. The maximum atomic E-state index is 5.03. The summed E-state index contributed by atoms with van der Waals surface area (Å²) < 4.78 is 5.03. The van der Waals surface area contributed by atoms with Gasteiger partial charge in [-0.2, -0.15) is 0 Å². The van der Waals surface area contributed by atoms with Gasteiger partial charge in [-0.05, 0) is 12.1 Å². The molecule has 0 aliphatic carbocycles. The second kappa shape index (κ2) is 5.13. The molecule has 2 aromatic rings. The van der Waals surface area contributed by atoms with Crippen molar-refractivity contribution in [1.82, 2.24) is 15.2 Å². The van der Waals surface area contributed by atoms with Crippen molar-refractivity contribution in [1.29, 1.82) is 0 Å². The Morgan fingerprint density at radius 3 is 2.38 bits per heavy atom. The number of nitrogens with zero attached hydrogens (tertiary/aromatic N) is 3. The fourth-order valence-electron chi connectivity index (χ4n) is 0.821. The van der Waals surface area contributed by atoms with Crippen LogP contribution < -0.4 is 51.4 Å². The number of aromatic nitrogens is 3. The van der Waals surface area contributed by atoms with Crippen LogP contribution in [0.15, 0.2) is 34.2 Å². The van der Waals surface area contributed by atoms with E-state index in [2.05, 4.69) is 27.8 Å². The van der Waals surface area contributed by atoms with Crippen molar-refractivity contribution in [2.45, 2.75) is 5.22 Å². The second-order valence-corrected chi connectivity index (χ2v) is 2.46. The second-order valence-electron chi connectivity index (χ2n) is 2.11. The minimum Gasteiger partial charge on any atom is -0.719 e. The van der Waals surface area contributed by atoms with Gasteiger partial charge in [0.25, 0.3) is 0 Å². The van der Waals surface area contributed by atoms with Crippen LogP contribution in [0.4, 0.5) is 0 Å². The van der Waals surface area contributed by atoms with Crippen LogP contribution >= 0.6 is 0 Å². The van der Waals surface area contributed by atoms with Crippen molar-refractivity contribution in [2.75, 3.05) is 0 Å². The predicted octanol–water partition coefficient (Wildman–Crippen LogP) is -1.96. The van der Waals surface area contributed by atoms with Gasteiger partial charge in [0, 0.05) is 18.0 Å². The quantitative estimate of drug-likeness (QED) is 0.410. The summed E-state index contributed by atoms with van der Waals surface area (Å²) in [4.78, 5) is 3.86. The van der Waals surface area contributed by atoms with E-state index >= 15 is 0 Å². The van der Waals surface area contributed by atoms with Gasteiger partial charge in [-0.25, -0.2) is 0 Å². The Kier molecular flexibility index (Phi) is 4.43. The number of rotatable bonds is 1. The molecule has 60 valence electrons. The topological polar surface area (TPSA) is 51.8 Å². The van der Waals surface area contributed by atoms with E-state index in [0.29, 0.717) is 5.89 Å². The smallest absolute Gasteiger partial charge is 0.719 e. The van der Waals surface area contributed by atoms with Gasteiger partial charge in [0.1, 0.15) is 0 Å². The van der Waals surface area contributed by atoms with E-state index in [9.17, 15) is 0 Å². The zero-order valence-corrected chi connectivity index (χ0v) is 10.9. The Balaban J connectivity index is 0.000000845. The number of hydrogen-bond donors (Lipinski definition) is 0. The summed E-state index contributed by atoms with van der Waals surface area (Å²) in [5, 5.41) is 7.46. The summed E-state index contributed by atoms with van der Waals surface area (Å²) in [6.45, 7) is 0. The first kappa shape index (κ1) is 11.2. The first-order chi connectivity index (χ1) is 5.86. The summed E-state index contributed by atoms with van der Waals surface area (Å²) in [6.07, 6.45) is 3.31. The largest absolute Gasteiger partial charge is 1.00 e. The van der Waals surface area contributed by atoms with Gasteiger partial charge in [0.15, 0.2) is 0 Å². The van der Waals surface area contributed by atoms with E-state index in [4.69, 9.17) is 4.42 Å². The van der Waals surface area contributed by atoms with Crippen molar-refractivity contribution in [2.24, 2.45) is 0 Å². The Bertz CT molecular complexity index is 378. The van der Waals surface area contributed by atoms with Gasteiger partial charge in [-0.3, -0.25) is 4.98 Å². The molecular weight excluding hydrogens is 213 g/mol. The minimum atomic E-state index is 0. The molecule has 0 spiro atoms. The maximum Gasteiger partial charge on any atom is 1.00 e. The zero-order chi connectivity index (χ0) is 8.39. The Hall–Kier alpha value is 0.146. The number of pyridine rings is 1. The molecule has 0 saturated heterocycles. The van der Waals surface area contributed by atoms with Crippen LogP contribution in [-0.2, 0) is 12.6 Å². The minimum absolute atomic E-state index is 0. The van der Waals surface area contributed by atoms with E-state index < -0.39 is 0 Å². The molecule has 2 rings (SSSR count). The molecule has 0 aromatic carbocycles. The third kappa shape index (κ3) is 2.80. The van der Waals surface area contributed by atoms with Crippen LogP contribution in [0.25, 0.3) is 11.5 Å². The van der Waals surface area contributed by atoms with E-state index in [1.165, 1.54) is 0 Å². The Labute approximate surface area is 123 Å². The first-order valence-electron chi connectivity index (χ1n) is 3.27. The van der Waals surface area contributed by atoms with Crippen LogP contribution in [0.5, 0.6) is 0 Å². The van der Waals surface area contributed by atoms with Crippen molar-refractivity contribution >= 4 is 12.6 Å². The van der Waals surface area contributed by atoms with Gasteiger partial charge < -0.3 is 17.0 Å². The summed E-state index contributed by atoms with van der Waals surface area (Å²) in [6, 6.07) is 3.56. The molecule has 6 heteroatoms. The van der Waals surface area contributed by atoms with Crippen LogP contribution in [-0.4, -0.2) is 15.2 Å². The Morgan fingerprint density at radius 2 is 1.85 bits per heavy atom. The third-order valence-electron chi connectivity index (χ3n) is 1.33. The van der Waals surface area contributed by atoms with E-state index in [-0.39, 0.29) is 56.6 Å². The fraction of sp³-hybridized carbons (Fsp3) is 0. The molecule has 0 amide bonds. The maximum absolute atomic E-state index is 5.03. The van der Waals surface area contributed by atoms with Crippen LogP contribution in [0.3, 0.4) is 0 Å². The molecule has 0 unspecified atom stereocenters.